The Labute approximate surface area is 232 Å². The van der Waals surface area contributed by atoms with E-state index in [-0.39, 0.29) is 5.97 Å². The molecule has 3 nitrogen and oxygen atoms in total. The fraction of sp³-hybridized carbons (Fsp3) is 0.912. The van der Waals surface area contributed by atoms with Gasteiger partial charge >= 0.3 is 5.97 Å². The molecule has 0 aromatic carbocycles. The summed E-state index contributed by atoms with van der Waals surface area (Å²) < 4.78 is 10.7. The first-order valence-electron chi connectivity index (χ1n) is 16.7. The lowest BCUT2D eigenvalue weighted by atomic mass is 10.0. The van der Waals surface area contributed by atoms with Gasteiger partial charge in [-0.15, -0.1) is 0 Å². The van der Waals surface area contributed by atoms with Crippen LogP contribution < -0.4 is 0 Å². The lowest BCUT2D eigenvalue weighted by Crippen LogP contribution is -2.09. The number of rotatable bonds is 31. The Hall–Kier alpha value is -0.990. The average Bonchev–Trinajstić information content (AvgIpc) is 2.90. The molecule has 0 aliphatic rings. The third-order valence-electron chi connectivity index (χ3n) is 7.37. The summed E-state index contributed by atoms with van der Waals surface area (Å²) in [6.45, 7) is 5.37. The van der Waals surface area contributed by atoms with E-state index in [1.54, 1.807) is 6.26 Å². The first-order chi connectivity index (χ1) is 18.3. The number of carbonyl (C=O) groups is 1. The second-order valence-corrected chi connectivity index (χ2v) is 11.1. The quantitative estimate of drug-likeness (QED) is 0.0516. The molecule has 0 atom stereocenters. The number of hydrogen-bond acceptors (Lipinski definition) is 3. The maximum Gasteiger partial charge on any atom is 0.305 e. The van der Waals surface area contributed by atoms with Crippen molar-refractivity contribution in [2.24, 2.45) is 0 Å². The lowest BCUT2D eigenvalue weighted by molar-refractivity contribution is -0.144. The van der Waals surface area contributed by atoms with E-state index in [2.05, 4.69) is 19.9 Å². The largest absolute Gasteiger partial charge is 0.498 e. The van der Waals surface area contributed by atoms with E-state index in [1.807, 2.05) is 0 Å². The number of unbranched alkanes of at least 4 members (excludes halogenated alkanes) is 24. The number of hydrogen-bond donors (Lipinski definition) is 0. The summed E-state index contributed by atoms with van der Waals surface area (Å²) in [5, 5.41) is 0. The molecule has 220 valence electrons. The maximum atomic E-state index is 11.8. The Kier molecular flexibility index (Phi) is 32.2. The van der Waals surface area contributed by atoms with E-state index in [0.717, 1.165) is 19.3 Å². The molecule has 0 unspecified atom stereocenters. The molecule has 0 aliphatic heterocycles. The summed E-state index contributed by atoms with van der Waals surface area (Å²) in [6.07, 6.45) is 39.3. The minimum Gasteiger partial charge on any atom is -0.498 e. The minimum atomic E-state index is -0.0779. The van der Waals surface area contributed by atoms with Gasteiger partial charge in [0.25, 0.3) is 0 Å². The molecule has 0 N–H and O–H groups in total. The third kappa shape index (κ3) is 33.0. The van der Waals surface area contributed by atoms with E-state index in [0.29, 0.717) is 19.6 Å². The number of carbonyl (C=O) groups excluding carboxylic acids is 1. The molecule has 0 amide bonds. The molecule has 0 aliphatic carbocycles. The molecule has 0 radical (unpaired) electrons. The van der Waals surface area contributed by atoms with Crippen LogP contribution >= 0.6 is 0 Å². The Balaban J connectivity index is 3.20. The van der Waals surface area contributed by atoms with Crippen LogP contribution in [0.5, 0.6) is 0 Å². The minimum absolute atomic E-state index is 0.0779. The highest BCUT2D eigenvalue weighted by Crippen LogP contribution is 2.14. The zero-order chi connectivity index (χ0) is 26.9. The van der Waals surface area contributed by atoms with Crippen molar-refractivity contribution in [1.29, 1.82) is 0 Å². The van der Waals surface area contributed by atoms with Crippen molar-refractivity contribution in [1.82, 2.24) is 0 Å². The zero-order valence-electron chi connectivity index (χ0n) is 25.4. The highest BCUT2D eigenvalue weighted by molar-refractivity contribution is 5.69. The molecular weight excluding hydrogens is 456 g/mol. The van der Waals surface area contributed by atoms with Crippen LogP contribution in [-0.4, -0.2) is 19.2 Å². The molecule has 0 heterocycles. The van der Waals surface area contributed by atoms with Crippen LogP contribution in [-0.2, 0) is 14.3 Å². The van der Waals surface area contributed by atoms with Crippen LogP contribution in [0, 0.1) is 0 Å². The van der Waals surface area contributed by atoms with Gasteiger partial charge in [-0.25, -0.2) is 0 Å². The van der Waals surface area contributed by atoms with E-state index in [1.165, 1.54) is 148 Å². The molecule has 0 saturated heterocycles. The molecule has 0 fully saturated rings. The third-order valence-corrected chi connectivity index (χ3v) is 7.37. The van der Waals surface area contributed by atoms with Gasteiger partial charge in [0.2, 0.25) is 0 Å². The first kappa shape index (κ1) is 36.0. The topological polar surface area (TPSA) is 35.5 Å². The summed E-state index contributed by atoms with van der Waals surface area (Å²) >= 11 is 0. The smallest absolute Gasteiger partial charge is 0.305 e. The lowest BCUT2D eigenvalue weighted by Gasteiger charge is -2.05. The molecule has 3 heteroatoms. The van der Waals surface area contributed by atoms with Crippen molar-refractivity contribution < 1.29 is 14.3 Å². The van der Waals surface area contributed by atoms with Crippen molar-refractivity contribution in [3.05, 3.63) is 12.3 Å². The Morgan fingerprint density at radius 3 is 1.30 bits per heavy atom. The van der Waals surface area contributed by atoms with Gasteiger partial charge in [0.05, 0.1) is 6.26 Å². The summed E-state index contributed by atoms with van der Waals surface area (Å²) in [5.41, 5.74) is 0. The van der Waals surface area contributed by atoms with E-state index in [4.69, 9.17) is 9.47 Å². The van der Waals surface area contributed by atoms with Gasteiger partial charge in [-0.05, 0) is 25.3 Å². The summed E-state index contributed by atoms with van der Waals surface area (Å²) in [6, 6.07) is 0. The Morgan fingerprint density at radius 2 is 0.865 bits per heavy atom. The second-order valence-electron chi connectivity index (χ2n) is 11.1. The highest BCUT2D eigenvalue weighted by Gasteiger charge is 2.02. The van der Waals surface area contributed by atoms with Crippen LogP contribution in [0.2, 0.25) is 0 Å². The van der Waals surface area contributed by atoms with Gasteiger partial charge in [0.1, 0.15) is 13.2 Å². The highest BCUT2D eigenvalue weighted by atomic mass is 16.6. The van der Waals surface area contributed by atoms with Crippen molar-refractivity contribution >= 4 is 5.97 Å². The number of allylic oxidation sites excluding steroid dienone is 1. The summed E-state index contributed by atoms with van der Waals surface area (Å²) in [4.78, 5) is 11.8. The Morgan fingerprint density at radius 1 is 0.486 bits per heavy atom. The number of esters is 1. The monoisotopic (exact) mass is 523 g/mol. The van der Waals surface area contributed by atoms with Gasteiger partial charge < -0.3 is 9.47 Å². The zero-order valence-corrected chi connectivity index (χ0v) is 25.4. The van der Waals surface area contributed by atoms with E-state index < -0.39 is 0 Å². The van der Waals surface area contributed by atoms with Crippen LogP contribution in [0.3, 0.4) is 0 Å². The van der Waals surface area contributed by atoms with Crippen molar-refractivity contribution in [3.63, 3.8) is 0 Å². The molecule has 0 saturated carbocycles. The summed E-state index contributed by atoms with van der Waals surface area (Å²) in [5.74, 6) is -0.0779. The SMILES string of the molecule is CCCCCCCCCCCCCCCC/C=C/OCCOC(=O)CCCCCCCCCCCCC. The van der Waals surface area contributed by atoms with Gasteiger partial charge in [-0.3, -0.25) is 4.79 Å². The van der Waals surface area contributed by atoms with Crippen molar-refractivity contribution in [2.45, 2.75) is 187 Å². The standard InChI is InChI=1S/C34H66O3/c1-3-5-7-9-11-13-15-16-17-18-19-21-23-25-27-29-31-36-32-33-37-34(35)30-28-26-24-22-20-14-12-10-8-6-4-2/h29,31H,3-28,30,32-33H2,1-2H3/b31-29+. The molecule has 0 aromatic heterocycles. The van der Waals surface area contributed by atoms with Crippen LogP contribution in [0.25, 0.3) is 0 Å². The average molecular weight is 523 g/mol. The molecule has 0 bridgehead atoms. The van der Waals surface area contributed by atoms with Gasteiger partial charge in [-0.1, -0.05) is 162 Å². The molecule has 0 rings (SSSR count). The van der Waals surface area contributed by atoms with Crippen LogP contribution in [0.15, 0.2) is 12.3 Å². The van der Waals surface area contributed by atoms with Crippen LogP contribution in [0.1, 0.15) is 187 Å². The molecule has 0 spiro atoms. The second kappa shape index (κ2) is 33.0. The summed E-state index contributed by atoms with van der Waals surface area (Å²) in [7, 11) is 0. The molecule has 0 aromatic rings. The van der Waals surface area contributed by atoms with E-state index in [9.17, 15) is 4.79 Å². The van der Waals surface area contributed by atoms with Crippen molar-refractivity contribution in [2.75, 3.05) is 13.2 Å². The van der Waals surface area contributed by atoms with Gasteiger partial charge in [-0.2, -0.15) is 0 Å². The maximum absolute atomic E-state index is 11.8. The fourth-order valence-electron chi connectivity index (χ4n) is 4.87. The predicted octanol–water partition coefficient (Wildman–Crippen LogP) is 11.6. The predicted molar refractivity (Wildman–Crippen MR) is 162 cm³/mol. The Bertz CT molecular complexity index is 460. The van der Waals surface area contributed by atoms with Gasteiger partial charge in [0, 0.05) is 6.42 Å². The molecule has 37 heavy (non-hydrogen) atoms. The fourth-order valence-corrected chi connectivity index (χ4v) is 4.87. The van der Waals surface area contributed by atoms with Gasteiger partial charge in [0.15, 0.2) is 0 Å². The molecular formula is C34H66O3. The van der Waals surface area contributed by atoms with Crippen LogP contribution in [0.4, 0.5) is 0 Å². The van der Waals surface area contributed by atoms with Crippen molar-refractivity contribution in [3.8, 4) is 0 Å². The van der Waals surface area contributed by atoms with E-state index >= 15 is 0 Å². The normalized spacial score (nSPS) is 11.4. The number of ether oxygens (including phenoxy) is 2. The first-order valence-corrected chi connectivity index (χ1v) is 16.7.